The molecule has 1 aromatic carbocycles. The van der Waals surface area contributed by atoms with Crippen molar-refractivity contribution in [2.45, 2.75) is 19.3 Å². The first kappa shape index (κ1) is 12.0. The number of carbonyl (C=O) groups is 1. The van der Waals surface area contributed by atoms with Gasteiger partial charge in [0.2, 0.25) is 5.91 Å². The van der Waals surface area contributed by atoms with Crippen LogP contribution < -0.4 is 5.32 Å². The highest BCUT2D eigenvalue weighted by atomic mass is 16.2. The second-order valence-corrected chi connectivity index (χ2v) is 5.15. The highest BCUT2D eigenvalue weighted by Crippen LogP contribution is 2.47. The normalized spacial score (nSPS) is 21.2. The van der Waals surface area contributed by atoms with Crippen molar-refractivity contribution >= 4 is 11.6 Å². The molecule has 0 bridgehead atoms. The Labute approximate surface area is 112 Å². The molecule has 3 rings (SSSR count). The highest BCUT2D eigenvalue weighted by molar-refractivity contribution is 5.95. The molecule has 1 aliphatic rings. The minimum Gasteiger partial charge on any atom is -0.323 e. The maximum atomic E-state index is 12.2. The quantitative estimate of drug-likeness (QED) is 0.915. The molecule has 1 aromatic heterocycles. The maximum absolute atomic E-state index is 12.2. The Bertz CT molecular complexity index is 603. The molecule has 19 heavy (non-hydrogen) atoms. The number of aryl methyl sites for hydroxylation is 2. The molecule has 1 N–H and O–H groups in total. The Morgan fingerprint density at radius 3 is 2.74 bits per heavy atom. The number of hydrogen-bond donors (Lipinski definition) is 1. The van der Waals surface area contributed by atoms with Gasteiger partial charge in [0.15, 0.2) is 0 Å². The molecule has 4 heteroatoms. The van der Waals surface area contributed by atoms with E-state index in [1.54, 1.807) is 4.68 Å². The molecule has 0 saturated heterocycles. The maximum Gasteiger partial charge on any atom is 0.228 e. The summed E-state index contributed by atoms with van der Waals surface area (Å²) in [4.78, 5) is 12.2. The SMILES string of the molecule is Cc1nn(C)cc1NC(=O)C1CC1c1ccccc1. The van der Waals surface area contributed by atoms with E-state index in [-0.39, 0.29) is 11.8 Å². The van der Waals surface area contributed by atoms with E-state index in [9.17, 15) is 4.79 Å². The summed E-state index contributed by atoms with van der Waals surface area (Å²) < 4.78 is 1.71. The summed E-state index contributed by atoms with van der Waals surface area (Å²) in [6, 6.07) is 10.2. The van der Waals surface area contributed by atoms with E-state index in [0.717, 1.165) is 17.8 Å². The Balaban J connectivity index is 1.66. The molecular formula is C15H17N3O. The van der Waals surface area contributed by atoms with Crippen LogP contribution in [0.4, 0.5) is 5.69 Å². The number of benzene rings is 1. The summed E-state index contributed by atoms with van der Waals surface area (Å²) >= 11 is 0. The molecule has 1 saturated carbocycles. The summed E-state index contributed by atoms with van der Waals surface area (Å²) in [5.74, 6) is 0.574. The lowest BCUT2D eigenvalue weighted by atomic mass is 10.1. The summed E-state index contributed by atoms with van der Waals surface area (Å²) in [5.41, 5.74) is 2.92. The Morgan fingerprint density at radius 2 is 2.11 bits per heavy atom. The van der Waals surface area contributed by atoms with E-state index in [1.165, 1.54) is 5.56 Å². The summed E-state index contributed by atoms with van der Waals surface area (Å²) in [5, 5.41) is 7.19. The monoisotopic (exact) mass is 255 g/mol. The molecule has 4 nitrogen and oxygen atoms in total. The van der Waals surface area contributed by atoms with Gasteiger partial charge in [-0.2, -0.15) is 5.10 Å². The first-order valence-electron chi connectivity index (χ1n) is 6.51. The summed E-state index contributed by atoms with van der Waals surface area (Å²) in [6.07, 6.45) is 2.78. The van der Waals surface area contributed by atoms with Crippen LogP contribution >= 0.6 is 0 Å². The van der Waals surface area contributed by atoms with Crippen molar-refractivity contribution in [1.29, 1.82) is 0 Å². The van der Waals surface area contributed by atoms with Gasteiger partial charge < -0.3 is 5.32 Å². The van der Waals surface area contributed by atoms with Crippen molar-refractivity contribution in [3.63, 3.8) is 0 Å². The van der Waals surface area contributed by atoms with Crippen LogP contribution in [0.5, 0.6) is 0 Å². The van der Waals surface area contributed by atoms with Gasteiger partial charge in [-0.25, -0.2) is 0 Å². The molecule has 98 valence electrons. The summed E-state index contributed by atoms with van der Waals surface area (Å²) in [6.45, 7) is 1.90. The first-order chi connectivity index (χ1) is 9.15. The van der Waals surface area contributed by atoms with Gasteiger partial charge >= 0.3 is 0 Å². The average molecular weight is 255 g/mol. The molecule has 0 aliphatic heterocycles. The fraction of sp³-hybridized carbons (Fsp3) is 0.333. The molecule has 2 atom stereocenters. The molecule has 1 heterocycles. The van der Waals surface area contributed by atoms with Gasteiger partial charge in [-0.1, -0.05) is 30.3 Å². The number of hydrogen-bond acceptors (Lipinski definition) is 2. The van der Waals surface area contributed by atoms with Crippen molar-refractivity contribution in [2.24, 2.45) is 13.0 Å². The molecule has 2 aromatic rings. The van der Waals surface area contributed by atoms with Crippen molar-refractivity contribution in [2.75, 3.05) is 5.32 Å². The van der Waals surface area contributed by atoms with Gasteiger partial charge in [-0.15, -0.1) is 0 Å². The van der Waals surface area contributed by atoms with Crippen LogP contribution in [-0.2, 0) is 11.8 Å². The van der Waals surface area contributed by atoms with E-state index >= 15 is 0 Å². The zero-order valence-electron chi connectivity index (χ0n) is 11.1. The second kappa shape index (κ2) is 4.53. The predicted molar refractivity (Wildman–Crippen MR) is 73.9 cm³/mol. The number of amides is 1. The van der Waals surface area contributed by atoms with Crippen molar-refractivity contribution < 1.29 is 4.79 Å². The van der Waals surface area contributed by atoms with Crippen LogP contribution in [0.1, 0.15) is 23.6 Å². The third-order valence-electron chi connectivity index (χ3n) is 3.63. The third-order valence-corrected chi connectivity index (χ3v) is 3.63. The van der Waals surface area contributed by atoms with E-state index < -0.39 is 0 Å². The van der Waals surface area contributed by atoms with Crippen LogP contribution in [0.3, 0.4) is 0 Å². The van der Waals surface area contributed by atoms with Gasteiger partial charge in [0, 0.05) is 19.2 Å². The van der Waals surface area contributed by atoms with Crippen LogP contribution in [0, 0.1) is 12.8 Å². The highest BCUT2D eigenvalue weighted by Gasteiger charge is 2.43. The Hall–Kier alpha value is -2.10. The van der Waals surface area contributed by atoms with Crippen LogP contribution in [0.25, 0.3) is 0 Å². The Morgan fingerprint density at radius 1 is 1.37 bits per heavy atom. The van der Waals surface area contributed by atoms with Crippen molar-refractivity contribution in [3.05, 3.63) is 47.8 Å². The Kier molecular flexibility index (Phi) is 2.85. The number of aromatic nitrogens is 2. The molecule has 1 fully saturated rings. The molecule has 0 radical (unpaired) electrons. The van der Waals surface area contributed by atoms with Crippen molar-refractivity contribution in [1.82, 2.24) is 9.78 Å². The van der Waals surface area contributed by atoms with E-state index in [1.807, 2.05) is 38.4 Å². The predicted octanol–water partition coefficient (Wildman–Crippen LogP) is 2.47. The lowest BCUT2D eigenvalue weighted by molar-refractivity contribution is -0.117. The lowest BCUT2D eigenvalue weighted by Crippen LogP contribution is -2.14. The van der Waals surface area contributed by atoms with E-state index in [4.69, 9.17) is 0 Å². The molecule has 1 amide bonds. The van der Waals surface area contributed by atoms with Crippen LogP contribution in [0.2, 0.25) is 0 Å². The minimum absolute atomic E-state index is 0.0991. The molecule has 1 aliphatic carbocycles. The van der Waals surface area contributed by atoms with Gasteiger partial charge in [0.25, 0.3) is 0 Å². The second-order valence-electron chi connectivity index (χ2n) is 5.15. The molecule has 2 unspecified atom stereocenters. The molecular weight excluding hydrogens is 238 g/mol. The zero-order chi connectivity index (χ0) is 13.4. The number of carbonyl (C=O) groups excluding carboxylic acids is 1. The zero-order valence-corrected chi connectivity index (χ0v) is 11.1. The smallest absolute Gasteiger partial charge is 0.228 e. The van der Waals surface area contributed by atoms with Crippen LogP contribution in [0.15, 0.2) is 36.5 Å². The number of nitrogens with zero attached hydrogens (tertiary/aromatic N) is 2. The van der Waals surface area contributed by atoms with Gasteiger partial charge in [-0.3, -0.25) is 9.48 Å². The van der Waals surface area contributed by atoms with Gasteiger partial charge in [0.05, 0.1) is 11.4 Å². The minimum atomic E-state index is 0.0991. The summed E-state index contributed by atoms with van der Waals surface area (Å²) in [7, 11) is 1.85. The topological polar surface area (TPSA) is 46.9 Å². The standard InChI is InChI=1S/C15H17N3O/c1-10-14(9-18(2)17-10)16-15(19)13-8-12(13)11-6-4-3-5-7-11/h3-7,9,12-13H,8H2,1-2H3,(H,16,19). The fourth-order valence-electron chi connectivity index (χ4n) is 2.50. The lowest BCUT2D eigenvalue weighted by Gasteiger charge is -2.03. The average Bonchev–Trinajstić information content (AvgIpc) is 3.13. The third kappa shape index (κ3) is 2.38. The molecule has 0 spiro atoms. The number of nitrogens with one attached hydrogen (secondary N) is 1. The van der Waals surface area contributed by atoms with Crippen molar-refractivity contribution in [3.8, 4) is 0 Å². The van der Waals surface area contributed by atoms with Gasteiger partial charge in [0.1, 0.15) is 0 Å². The van der Waals surface area contributed by atoms with E-state index in [2.05, 4.69) is 22.5 Å². The van der Waals surface area contributed by atoms with E-state index in [0.29, 0.717) is 5.92 Å². The fourth-order valence-corrected chi connectivity index (χ4v) is 2.50. The number of anilines is 1. The number of rotatable bonds is 3. The van der Waals surface area contributed by atoms with Gasteiger partial charge in [-0.05, 0) is 24.8 Å². The van der Waals surface area contributed by atoms with Crippen LogP contribution in [-0.4, -0.2) is 15.7 Å². The first-order valence-corrected chi connectivity index (χ1v) is 6.51. The largest absolute Gasteiger partial charge is 0.323 e.